The molecule has 1 atom stereocenters. The average Bonchev–Trinajstić information content (AvgIpc) is 2.28. The number of rotatable bonds is 7. The molecule has 0 saturated carbocycles. The van der Waals surface area contributed by atoms with Crippen LogP contribution < -0.4 is 5.73 Å². The van der Waals surface area contributed by atoms with E-state index in [0.29, 0.717) is 5.92 Å². The standard InChI is InChI=1S/C15H25N/c1-3-4-5-14-6-8-15(9-7-14)12-13(2)10-11-16/h6-9,13H,3-5,10-12,16H2,1-2H3. The van der Waals surface area contributed by atoms with Gasteiger partial charge < -0.3 is 5.73 Å². The fourth-order valence-corrected chi connectivity index (χ4v) is 2.01. The van der Waals surface area contributed by atoms with Crippen molar-refractivity contribution in [3.8, 4) is 0 Å². The van der Waals surface area contributed by atoms with Crippen LogP contribution in [-0.2, 0) is 12.8 Å². The Hall–Kier alpha value is -0.820. The molecular weight excluding hydrogens is 194 g/mol. The first-order valence-corrected chi connectivity index (χ1v) is 6.54. The van der Waals surface area contributed by atoms with Crippen LogP contribution in [0.5, 0.6) is 0 Å². The van der Waals surface area contributed by atoms with Crippen LogP contribution in [0.4, 0.5) is 0 Å². The number of nitrogens with two attached hydrogens (primary N) is 1. The van der Waals surface area contributed by atoms with Crippen LogP contribution in [0.3, 0.4) is 0 Å². The molecule has 0 heterocycles. The van der Waals surface area contributed by atoms with Gasteiger partial charge in [-0.2, -0.15) is 0 Å². The van der Waals surface area contributed by atoms with Gasteiger partial charge in [-0.25, -0.2) is 0 Å². The zero-order chi connectivity index (χ0) is 11.8. The maximum atomic E-state index is 5.56. The third-order valence-corrected chi connectivity index (χ3v) is 3.09. The van der Waals surface area contributed by atoms with Crippen molar-refractivity contribution in [2.24, 2.45) is 11.7 Å². The second-order valence-electron chi connectivity index (χ2n) is 4.81. The summed E-state index contributed by atoms with van der Waals surface area (Å²) in [4.78, 5) is 0. The molecule has 0 fully saturated rings. The fraction of sp³-hybridized carbons (Fsp3) is 0.600. The van der Waals surface area contributed by atoms with E-state index in [2.05, 4.69) is 38.1 Å². The molecule has 1 rings (SSSR count). The van der Waals surface area contributed by atoms with Crippen molar-refractivity contribution in [1.29, 1.82) is 0 Å². The Balaban J connectivity index is 2.44. The maximum Gasteiger partial charge on any atom is -0.00746 e. The van der Waals surface area contributed by atoms with E-state index < -0.39 is 0 Å². The van der Waals surface area contributed by atoms with Crippen molar-refractivity contribution >= 4 is 0 Å². The Labute approximate surface area is 100 Å². The van der Waals surface area contributed by atoms with Gasteiger partial charge in [0.15, 0.2) is 0 Å². The van der Waals surface area contributed by atoms with E-state index in [4.69, 9.17) is 5.73 Å². The Bertz CT molecular complexity index is 276. The van der Waals surface area contributed by atoms with Crippen LogP contribution in [0, 0.1) is 5.92 Å². The van der Waals surface area contributed by atoms with Crippen molar-refractivity contribution < 1.29 is 0 Å². The van der Waals surface area contributed by atoms with Crippen LogP contribution in [-0.4, -0.2) is 6.54 Å². The molecule has 1 aromatic carbocycles. The molecule has 0 saturated heterocycles. The van der Waals surface area contributed by atoms with E-state index >= 15 is 0 Å². The number of hydrogen-bond donors (Lipinski definition) is 1. The Morgan fingerprint density at radius 2 is 1.75 bits per heavy atom. The first kappa shape index (κ1) is 13.2. The predicted molar refractivity (Wildman–Crippen MR) is 71.6 cm³/mol. The first-order valence-electron chi connectivity index (χ1n) is 6.54. The summed E-state index contributed by atoms with van der Waals surface area (Å²) < 4.78 is 0. The summed E-state index contributed by atoms with van der Waals surface area (Å²) in [5, 5.41) is 0. The average molecular weight is 219 g/mol. The zero-order valence-corrected chi connectivity index (χ0v) is 10.7. The monoisotopic (exact) mass is 219 g/mol. The summed E-state index contributed by atoms with van der Waals surface area (Å²) in [6.07, 6.45) is 6.07. The maximum absolute atomic E-state index is 5.56. The van der Waals surface area contributed by atoms with Gasteiger partial charge in [-0.15, -0.1) is 0 Å². The number of aryl methyl sites for hydroxylation is 1. The summed E-state index contributed by atoms with van der Waals surface area (Å²) in [6, 6.07) is 9.11. The van der Waals surface area contributed by atoms with Crippen LogP contribution in [0.25, 0.3) is 0 Å². The highest BCUT2D eigenvalue weighted by atomic mass is 14.5. The molecule has 0 spiro atoms. The molecule has 0 aromatic heterocycles. The minimum absolute atomic E-state index is 0.700. The lowest BCUT2D eigenvalue weighted by atomic mass is 9.97. The molecule has 0 aliphatic heterocycles. The molecule has 1 nitrogen and oxygen atoms in total. The van der Waals surface area contributed by atoms with Gasteiger partial charge in [-0.1, -0.05) is 44.5 Å². The van der Waals surface area contributed by atoms with Gasteiger partial charge in [-0.05, 0) is 49.3 Å². The van der Waals surface area contributed by atoms with E-state index in [1.54, 1.807) is 0 Å². The van der Waals surface area contributed by atoms with E-state index in [-0.39, 0.29) is 0 Å². The van der Waals surface area contributed by atoms with Gasteiger partial charge in [0, 0.05) is 0 Å². The third kappa shape index (κ3) is 4.80. The van der Waals surface area contributed by atoms with Crippen molar-refractivity contribution in [1.82, 2.24) is 0 Å². The molecule has 0 bridgehead atoms. The minimum atomic E-state index is 0.700. The highest BCUT2D eigenvalue weighted by Crippen LogP contribution is 2.13. The summed E-state index contributed by atoms with van der Waals surface area (Å²) in [6.45, 7) is 5.32. The zero-order valence-electron chi connectivity index (χ0n) is 10.7. The van der Waals surface area contributed by atoms with Crippen molar-refractivity contribution in [3.05, 3.63) is 35.4 Å². The van der Waals surface area contributed by atoms with Crippen molar-refractivity contribution in [2.75, 3.05) is 6.54 Å². The van der Waals surface area contributed by atoms with E-state index in [9.17, 15) is 0 Å². The highest BCUT2D eigenvalue weighted by Gasteiger charge is 2.02. The Kier molecular flexibility index (Phi) is 6.17. The van der Waals surface area contributed by atoms with Gasteiger partial charge in [0.25, 0.3) is 0 Å². The quantitative estimate of drug-likeness (QED) is 0.745. The van der Waals surface area contributed by atoms with Gasteiger partial charge in [0.05, 0.1) is 0 Å². The van der Waals surface area contributed by atoms with Gasteiger partial charge in [0.2, 0.25) is 0 Å². The normalized spacial score (nSPS) is 12.7. The van der Waals surface area contributed by atoms with E-state index in [1.807, 2.05) is 0 Å². The van der Waals surface area contributed by atoms with Crippen LogP contribution >= 0.6 is 0 Å². The molecule has 90 valence electrons. The van der Waals surface area contributed by atoms with E-state index in [1.165, 1.54) is 30.4 Å². The summed E-state index contributed by atoms with van der Waals surface area (Å²) in [7, 11) is 0. The summed E-state index contributed by atoms with van der Waals surface area (Å²) in [5.74, 6) is 0.700. The van der Waals surface area contributed by atoms with Gasteiger partial charge in [-0.3, -0.25) is 0 Å². The molecule has 2 N–H and O–H groups in total. The number of benzene rings is 1. The molecular formula is C15H25N. The lowest BCUT2D eigenvalue weighted by molar-refractivity contribution is 0.538. The minimum Gasteiger partial charge on any atom is -0.330 e. The molecule has 0 radical (unpaired) electrons. The molecule has 1 unspecified atom stereocenters. The second-order valence-corrected chi connectivity index (χ2v) is 4.81. The fourth-order valence-electron chi connectivity index (χ4n) is 2.01. The lowest BCUT2D eigenvalue weighted by Gasteiger charge is -2.10. The van der Waals surface area contributed by atoms with Crippen LogP contribution in [0.2, 0.25) is 0 Å². The molecule has 16 heavy (non-hydrogen) atoms. The topological polar surface area (TPSA) is 26.0 Å². The van der Waals surface area contributed by atoms with Gasteiger partial charge >= 0.3 is 0 Å². The van der Waals surface area contributed by atoms with E-state index in [0.717, 1.165) is 19.4 Å². The van der Waals surface area contributed by atoms with Crippen molar-refractivity contribution in [2.45, 2.75) is 46.0 Å². The number of unbranched alkanes of at least 4 members (excludes halogenated alkanes) is 1. The molecule has 0 aliphatic rings. The Morgan fingerprint density at radius 3 is 2.31 bits per heavy atom. The third-order valence-electron chi connectivity index (χ3n) is 3.09. The molecule has 0 aliphatic carbocycles. The summed E-state index contributed by atoms with van der Waals surface area (Å²) >= 11 is 0. The van der Waals surface area contributed by atoms with Crippen LogP contribution in [0.15, 0.2) is 24.3 Å². The SMILES string of the molecule is CCCCc1ccc(CC(C)CCN)cc1. The first-order chi connectivity index (χ1) is 7.76. The molecule has 1 aromatic rings. The smallest absolute Gasteiger partial charge is 0.00746 e. The predicted octanol–water partition coefficient (Wildman–Crippen LogP) is 3.56. The van der Waals surface area contributed by atoms with Crippen molar-refractivity contribution in [3.63, 3.8) is 0 Å². The highest BCUT2D eigenvalue weighted by molar-refractivity contribution is 5.23. The second kappa shape index (κ2) is 7.45. The Morgan fingerprint density at radius 1 is 1.12 bits per heavy atom. The molecule has 0 amide bonds. The summed E-state index contributed by atoms with van der Waals surface area (Å²) in [5.41, 5.74) is 8.48. The molecule has 1 heteroatoms. The van der Waals surface area contributed by atoms with Gasteiger partial charge in [0.1, 0.15) is 0 Å². The number of hydrogen-bond acceptors (Lipinski definition) is 1. The largest absolute Gasteiger partial charge is 0.330 e. The van der Waals surface area contributed by atoms with Crippen LogP contribution in [0.1, 0.15) is 44.2 Å². The lowest BCUT2D eigenvalue weighted by Crippen LogP contribution is -2.08.